The van der Waals surface area contributed by atoms with E-state index in [-0.39, 0.29) is 28.9 Å². The highest BCUT2D eigenvalue weighted by Gasteiger charge is 2.41. The van der Waals surface area contributed by atoms with E-state index in [9.17, 15) is 14.4 Å². The number of alkyl halides is 2. The first kappa shape index (κ1) is 31.3. The second kappa shape index (κ2) is 13.7. The maximum Gasteiger partial charge on any atom is 0.275 e. The number of hydrogen-bond donors (Lipinski definition) is 2. The molecule has 2 aromatic rings. The minimum atomic E-state index is -3.33. The molecule has 0 saturated carbocycles. The molecule has 0 atom stereocenters. The van der Waals surface area contributed by atoms with E-state index >= 15 is 8.78 Å². The fourth-order valence-corrected chi connectivity index (χ4v) is 6.24. The van der Waals surface area contributed by atoms with Gasteiger partial charge in [0.15, 0.2) is 5.78 Å². The number of carbonyl (C=O) groups excluding carboxylic acids is 3. The van der Waals surface area contributed by atoms with Gasteiger partial charge in [0.2, 0.25) is 5.91 Å². The number of rotatable bonds is 7. The van der Waals surface area contributed by atoms with Crippen molar-refractivity contribution in [3.8, 4) is 0 Å². The number of fused-ring (bicyclic) bond motifs is 1. The molecule has 11 heteroatoms. The number of piperidine rings is 2. The van der Waals surface area contributed by atoms with Crippen molar-refractivity contribution in [2.24, 2.45) is 5.16 Å². The zero-order valence-corrected chi connectivity index (χ0v) is 25.2. The molecule has 2 saturated heterocycles. The number of amides is 2. The van der Waals surface area contributed by atoms with Crippen molar-refractivity contribution < 1.29 is 28.0 Å². The van der Waals surface area contributed by atoms with Gasteiger partial charge in [-0.15, -0.1) is 0 Å². The smallest absolute Gasteiger partial charge is 0.275 e. The molecule has 3 aliphatic heterocycles. The lowest BCUT2D eigenvalue weighted by atomic mass is 9.89. The fourth-order valence-electron chi connectivity index (χ4n) is 6.24. The van der Waals surface area contributed by atoms with Crippen molar-refractivity contribution in [2.75, 3.05) is 50.5 Å². The number of anilines is 2. The summed E-state index contributed by atoms with van der Waals surface area (Å²) in [5.41, 5.74) is 0.839. The van der Waals surface area contributed by atoms with Gasteiger partial charge >= 0.3 is 0 Å². The predicted octanol–water partition coefficient (Wildman–Crippen LogP) is 5.19. The van der Waals surface area contributed by atoms with Gasteiger partial charge in [-0.05, 0) is 76.0 Å². The molecule has 2 aromatic carbocycles. The summed E-state index contributed by atoms with van der Waals surface area (Å²) in [7, 11) is 1.34. The Morgan fingerprint density at radius 2 is 1.73 bits per heavy atom. The van der Waals surface area contributed by atoms with Crippen molar-refractivity contribution in [2.45, 2.75) is 57.4 Å². The van der Waals surface area contributed by atoms with Crippen LogP contribution in [0.15, 0.2) is 53.7 Å². The fraction of sp³-hybridized carbons (Fsp3) is 0.455. The van der Waals surface area contributed by atoms with E-state index in [1.807, 2.05) is 0 Å². The first-order valence-electron chi connectivity index (χ1n) is 15.2. The highest BCUT2D eigenvalue weighted by atomic mass is 19.3. The van der Waals surface area contributed by atoms with Crippen LogP contribution in [0, 0.1) is 0 Å². The molecule has 0 radical (unpaired) electrons. The third-order valence-electron chi connectivity index (χ3n) is 8.64. The molecule has 3 aliphatic rings. The Hall–Kier alpha value is -4.12. The molecule has 3 heterocycles. The minimum Gasteiger partial charge on any atom is -0.399 e. The maximum atomic E-state index is 15.7. The lowest BCUT2D eigenvalue weighted by Gasteiger charge is -2.40. The van der Waals surface area contributed by atoms with E-state index in [4.69, 9.17) is 0 Å². The number of oxime groups is 1. The van der Waals surface area contributed by atoms with Crippen LogP contribution < -0.4 is 10.6 Å². The van der Waals surface area contributed by atoms with Crippen LogP contribution in [0.4, 0.5) is 20.2 Å². The van der Waals surface area contributed by atoms with Crippen molar-refractivity contribution >= 4 is 40.3 Å². The van der Waals surface area contributed by atoms with Gasteiger partial charge in [-0.2, -0.15) is 0 Å². The van der Waals surface area contributed by atoms with Gasteiger partial charge in [-0.3, -0.25) is 14.4 Å². The second-order valence-corrected chi connectivity index (χ2v) is 11.5. The van der Waals surface area contributed by atoms with Gasteiger partial charge in [0.05, 0.1) is 0 Å². The summed E-state index contributed by atoms with van der Waals surface area (Å²) in [6.45, 7) is 4.67. The van der Waals surface area contributed by atoms with Gasteiger partial charge in [0.25, 0.3) is 11.8 Å². The molecule has 2 amide bonds. The Labute approximate surface area is 256 Å². The summed E-state index contributed by atoms with van der Waals surface area (Å²) in [6, 6.07) is 11.3. The monoisotopic (exact) mass is 607 g/mol. The summed E-state index contributed by atoms with van der Waals surface area (Å²) in [6.07, 6.45) is 5.83. The van der Waals surface area contributed by atoms with E-state index in [1.165, 1.54) is 51.5 Å². The lowest BCUT2D eigenvalue weighted by molar-refractivity contribution is -0.127. The van der Waals surface area contributed by atoms with Crippen LogP contribution in [0.1, 0.15) is 66.9 Å². The Bertz CT molecular complexity index is 1440. The van der Waals surface area contributed by atoms with Crippen LogP contribution in [-0.4, -0.2) is 84.9 Å². The number of nitrogens with zero attached hydrogens (tertiary/aromatic N) is 3. The lowest BCUT2D eigenvalue weighted by Crippen LogP contribution is -2.48. The normalized spacial score (nSPS) is 20.3. The third kappa shape index (κ3) is 6.99. The Balaban J connectivity index is 1.39. The van der Waals surface area contributed by atoms with E-state index < -0.39 is 35.5 Å². The summed E-state index contributed by atoms with van der Waals surface area (Å²) < 4.78 is 31.4. The highest BCUT2D eigenvalue weighted by molar-refractivity contribution is 6.42. The van der Waals surface area contributed by atoms with Gasteiger partial charge in [0, 0.05) is 71.8 Å². The molecule has 0 aromatic heterocycles. The molecule has 0 unspecified atom stereocenters. The van der Waals surface area contributed by atoms with E-state index in [2.05, 4.69) is 25.5 Å². The molecule has 5 rings (SSSR count). The number of hydrogen-bond acceptors (Lipinski definition) is 7. The Morgan fingerprint density at radius 3 is 2.41 bits per heavy atom. The van der Waals surface area contributed by atoms with E-state index in [1.54, 1.807) is 29.2 Å². The average molecular weight is 608 g/mol. The van der Waals surface area contributed by atoms with Gasteiger partial charge in [-0.25, -0.2) is 8.78 Å². The zero-order valence-electron chi connectivity index (χ0n) is 25.2. The van der Waals surface area contributed by atoms with E-state index in [0.29, 0.717) is 30.5 Å². The Kier molecular flexibility index (Phi) is 9.73. The summed E-state index contributed by atoms with van der Waals surface area (Å²) >= 11 is 0. The van der Waals surface area contributed by atoms with Crippen LogP contribution in [0.25, 0.3) is 5.57 Å². The van der Waals surface area contributed by atoms with E-state index in [0.717, 1.165) is 32.0 Å². The van der Waals surface area contributed by atoms with Crippen LogP contribution in [0.2, 0.25) is 0 Å². The van der Waals surface area contributed by atoms with Crippen molar-refractivity contribution in [3.63, 3.8) is 0 Å². The molecule has 0 bridgehead atoms. The maximum absolute atomic E-state index is 15.7. The molecule has 0 aliphatic carbocycles. The van der Waals surface area contributed by atoms with Crippen LogP contribution in [-0.2, 0) is 14.4 Å². The topological polar surface area (TPSA) is 103 Å². The summed E-state index contributed by atoms with van der Waals surface area (Å²) in [4.78, 5) is 48.2. The summed E-state index contributed by atoms with van der Waals surface area (Å²) in [5, 5.41) is 9.29. The standard InChI is InChI=1S/C33H39F2N5O4/c1-22(38-44-2)32(43)37-24-11-9-23(10-12-24)31(42)26-7-6-8-28-30(26)27(33(34,35)15-16-36-28)21-29(41)40-19-13-25(14-20-40)39-17-4-3-5-18-39/h6-12,21,25,36H,3-5,13-20H2,1-2H3,(H,37,43)/b27-21?,38-22-. The molecule has 2 fully saturated rings. The predicted molar refractivity (Wildman–Crippen MR) is 166 cm³/mol. The summed E-state index contributed by atoms with van der Waals surface area (Å²) in [5.74, 6) is -4.73. The number of carbonyl (C=O) groups is 3. The highest BCUT2D eigenvalue weighted by Crippen LogP contribution is 2.43. The quantitative estimate of drug-likeness (QED) is 0.194. The first-order valence-corrected chi connectivity index (χ1v) is 15.2. The van der Waals surface area contributed by atoms with Gasteiger partial charge < -0.3 is 25.3 Å². The molecule has 44 heavy (non-hydrogen) atoms. The number of halogens is 2. The van der Waals surface area contributed by atoms with Crippen LogP contribution in [0.5, 0.6) is 0 Å². The SMILES string of the molecule is CO/N=C(/C)C(=O)Nc1ccc(C(=O)c2cccc3c2C(=CC(=O)N2CCC(N4CCCCC4)CC2)C(F)(F)CCN3)cc1. The largest absolute Gasteiger partial charge is 0.399 e. The molecule has 9 nitrogen and oxygen atoms in total. The molecular formula is C33H39F2N5O4. The first-order chi connectivity index (χ1) is 21.2. The number of ketones is 1. The average Bonchev–Trinajstić information content (AvgIpc) is 3.16. The number of allylic oxidation sites excluding steroid dienone is 1. The van der Waals surface area contributed by atoms with Crippen molar-refractivity contribution in [3.05, 3.63) is 65.2 Å². The number of benzene rings is 2. The molecule has 2 N–H and O–H groups in total. The Morgan fingerprint density at radius 1 is 1.02 bits per heavy atom. The van der Waals surface area contributed by atoms with Gasteiger partial charge in [-0.1, -0.05) is 23.7 Å². The number of nitrogens with one attached hydrogen (secondary N) is 2. The van der Waals surface area contributed by atoms with Crippen LogP contribution in [0.3, 0.4) is 0 Å². The second-order valence-electron chi connectivity index (χ2n) is 11.5. The zero-order chi connectivity index (χ0) is 31.3. The molecular weight excluding hydrogens is 568 g/mol. The van der Waals surface area contributed by atoms with Crippen molar-refractivity contribution in [1.29, 1.82) is 0 Å². The molecule has 234 valence electrons. The molecule has 0 spiro atoms. The third-order valence-corrected chi connectivity index (χ3v) is 8.64. The number of likely N-dealkylation sites (tertiary alicyclic amines) is 2. The van der Waals surface area contributed by atoms with Crippen molar-refractivity contribution in [1.82, 2.24) is 9.80 Å². The van der Waals surface area contributed by atoms with Gasteiger partial charge in [0.1, 0.15) is 12.8 Å². The minimum absolute atomic E-state index is 0.00934. The van der Waals surface area contributed by atoms with Crippen LogP contribution >= 0.6 is 0 Å².